The molecule has 0 atom stereocenters. The normalized spacial score (nSPS) is 10.8. The summed E-state index contributed by atoms with van der Waals surface area (Å²) in [7, 11) is 1.61. The van der Waals surface area contributed by atoms with Crippen molar-refractivity contribution in [2.75, 3.05) is 7.11 Å². The Balaban J connectivity index is 2.74. The molecular weight excluding hydrogens is 190 g/mol. The van der Waals surface area contributed by atoms with Gasteiger partial charge in [0, 0.05) is 24.3 Å². The van der Waals surface area contributed by atoms with Crippen LogP contribution in [-0.2, 0) is 11.3 Å². The van der Waals surface area contributed by atoms with E-state index in [1.807, 2.05) is 25.1 Å². The number of fused-ring (bicyclic) bond motifs is 1. The number of methoxy groups -OCH3 is 1. The summed E-state index contributed by atoms with van der Waals surface area (Å²) in [5.74, 6) is 0. The third kappa shape index (κ3) is 1.78. The molecule has 3 nitrogen and oxygen atoms in total. The highest BCUT2D eigenvalue weighted by atomic mass is 16.5. The lowest BCUT2D eigenvalue weighted by atomic mass is 10.1. The van der Waals surface area contributed by atoms with Crippen molar-refractivity contribution in [1.82, 2.24) is 4.98 Å². The van der Waals surface area contributed by atoms with E-state index in [-0.39, 0.29) is 5.43 Å². The predicted octanol–water partition coefficient (Wildman–Crippen LogP) is 1.98. The fourth-order valence-corrected chi connectivity index (χ4v) is 1.70. The van der Waals surface area contributed by atoms with Crippen molar-refractivity contribution in [2.24, 2.45) is 0 Å². The number of aryl methyl sites for hydroxylation is 1. The molecule has 0 bridgehead atoms. The summed E-state index contributed by atoms with van der Waals surface area (Å²) in [6.45, 7) is 2.41. The van der Waals surface area contributed by atoms with Gasteiger partial charge < -0.3 is 9.72 Å². The number of nitrogens with one attached hydrogen (secondary N) is 1. The molecule has 0 aliphatic rings. The number of ether oxygens (including phenoxy) is 1. The van der Waals surface area contributed by atoms with Crippen molar-refractivity contribution in [3.63, 3.8) is 0 Å². The maximum atomic E-state index is 11.8. The van der Waals surface area contributed by atoms with Gasteiger partial charge in [0.15, 0.2) is 5.43 Å². The van der Waals surface area contributed by atoms with Crippen molar-refractivity contribution in [1.29, 1.82) is 0 Å². The van der Waals surface area contributed by atoms with Crippen LogP contribution in [0.3, 0.4) is 0 Å². The maximum Gasteiger partial charge on any atom is 0.189 e. The molecule has 0 saturated carbocycles. The molecule has 0 radical (unpaired) electrons. The van der Waals surface area contributed by atoms with Gasteiger partial charge >= 0.3 is 0 Å². The van der Waals surface area contributed by atoms with Crippen LogP contribution in [0.5, 0.6) is 0 Å². The minimum Gasteiger partial charge on any atom is -0.378 e. The van der Waals surface area contributed by atoms with Crippen LogP contribution in [0.1, 0.15) is 11.3 Å². The highest BCUT2D eigenvalue weighted by molar-refractivity contribution is 5.81. The van der Waals surface area contributed by atoms with Crippen LogP contribution >= 0.6 is 0 Å². The van der Waals surface area contributed by atoms with Crippen molar-refractivity contribution in [2.45, 2.75) is 13.5 Å². The first-order chi connectivity index (χ1) is 7.22. The number of hydrogen-bond donors (Lipinski definition) is 1. The Labute approximate surface area is 87.7 Å². The van der Waals surface area contributed by atoms with Gasteiger partial charge in [0.1, 0.15) is 0 Å². The van der Waals surface area contributed by atoms with Gasteiger partial charge in [-0.15, -0.1) is 0 Å². The number of pyridine rings is 1. The van der Waals surface area contributed by atoms with Crippen LogP contribution < -0.4 is 5.43 Å². The first-order valence-corrected chi connectivity index (χ1v) is 4.83. The molecule has 15 heavy (non-hydrogen) atoms. The lowest BCUT2D eigenvalue weighted by Crippen LogP contribution is -2.06. The number of hydrogen-bond acceptors (Lipinski definition) is 2. The predicted molar refractivity (Wildman–Crippen MR) is 60.0 cm³/mol. The summed E-state index contributed by atoms with van der Waals surface area (Å²) < 4.78 is 5.00. The number of benzene rings is 1. The lowest BCUT2D eigenvalue weighted by molar-refractivity contribution is 0.181. The largest absolute Gasteiger partial charge is 0.378 e. The second-order valence-corrected chi connectivity index (χ2v) is 3.59. The zero-order chi connectivity index (χ0) is 10.8. The molecule has 3 heteroatoms. The first kappa shape index (κ1) is 9.93. The van der Waals surface area contributed by atoms with Gasteiger partial charge in [-0.3, -0.25) is 4.79 Å². The van der Waals surface area contributed by atoms with Gasteiger partial charge in [0.25, 0.3) is 0 Å². The molecule has 0 aliphatic carbocycles. The number of rotatable bonds is 2. The van der Waals surface area contributed by atoms with Gasteiger partial charge in [-0.05, 0) is 18.6 Å². The highest BCUT2D eigenvalue weighted by Crippen LogP contribution is 2.13. The Kier molecular flexibility index (Phi) is 2.56. The average molecular weight is 203 g/mol. The van der Waals surface area contributed by atoms with E-state index in [0.717, 1.165) is 22.2 Å². The summed E-state index contributed by atoms with van der Waals surface area (Å²) in [4.78, 5) is 15.0. The van der Waals surface area contributed by atoms with Crippen molar-refractivity contribution in [3.05, 3.63) is 45.7 Å². The Morgan fingerprint density at radius 1 is 1.40 bits per heavy atom. The average Bonchev–Trinajstić information content (AvgIpc) is 2.20. The van der Waals surface area contributed by atoms with E-state index in [4.69, 9.17) is 4.74 Å². The Morgan fingerprint density at radius 3 is 2.93 bits per heavy atom. The summed E-state index contributed by atoms with van der Waals surface area (Å²) in [6, 6.07) is 7.29. The summed E-state index contributed by atoms with van der Waals surface area (Å²) in [5, 5.41) is 0.731. The molecule has 0 aliphatic heterocycles. The van der Waals surface area contributed by atoms with E-state index in [2.05, 4.69) is 4.98 Å². The fraction of sp³-hybridized carbons (Fsp3) is 0.250. The minimum absolute atomic E-state index is 0.0412. The molecular formula is C12H13NO2. The van der Waals surface area contributed by atoms with Crippen LogP contribution in [0, 0.1) is 6.92 Å². The minimum atomic E-state index is 0.0412. The SMILES string of the molecule is COCc1cc(=O)c2cccc(C)c2[nH]1. The van der Waals surface area contributed by atoms with E-state index < -0.39 is 0 Å². The topological polar surface area (TPSA) is 42.1 Å². The smallest absolute Gasteiger partial charge is 0.189 e. The van der Waals surface area contributed by atoms with E-state index in [0.29, 0.717) is 6.61 Å². The molecule has 2 aromatic rings. The molecule has 0 saturated heterocycles. The lowest BCUT2D eigenvalue weighted by Gasteiger charge is -2.05. The first-order valence-electron chi connectivity index (χ1n) is 4.83. The molecule has 0 amide bonds. The molecule has 2 rings (SSSR count). The monoisotopic (exact) mass is 203 g/mol. The van der Waals surface area contributed by atoms with Crippen LogP contribution in [0.15, 0.2) is 29.1 Å². The van der Waals surface area contributed by atoms with Crippen LogP contribution in [0.25, 0.3) is 10.9 Å². The third-order valence-electron chi connectivity index (χ3n) is 2.43. The van der Waals surface area contributed by atoms with Crippen LogP contribution in [-0.4, -0.2) is 12.1 Å². The number of aromatic nitrogens is 1. The van der Waals surface area contributed by atoms with E-state index in [9.17, 15) is 4.79 Å². The molecule has 1 heterocycles. The fourth-order valence-electron chi connectivity index (χ4n) is 1.70. The highest BCUT2D eigenvalue weighted by Gasteiger charge is 2.03. The maximum absolute atomic E-state index is 11.8. The quantitative estimate of drug-likeness (QED) is 0.811. The molecule has 0 fully saturated rings. The van der Waals surface area contributed by atoms with Crippen molar-refractivity contribution >= 4 is 10.9 Å². The zero-order valence-electron chi connectivity index (χ0n) is 8.83. The van der Waals surface area contributed by atoms with Gasteiger partial charge in [0.05, 0.1) is 12.1 Å². The Morgan fingerprint density at radius 2 is 2.20 bits per heavy atom. The molecule has 0 spiro atoms. The number of para-hydroxylation sites is 1. The van der Waals surface area contributed by atoms with E-state index in [1.54, 1.807) is 13.2 Å². The van der Waals surface area contributed by atoms with Gasteiger partial charge in [-0.2, -0.15) is 0 Å². The van der Waals surface area contributed by atoms with Gasteiger partial charge in [0.2, 0.25) is 0 Å². The molecule has 0 unspecified atom stereocenters. The Hall–Kier alpha value is -1.61. The summed E-state index contributed by atoms with van der Waals surface area (Å²) in [6.07, 6.45) is 0. The third-order valence-corrected chi connectivity index (χ3v) is 2.43. The molecule has 1 N–H and O–H groups in total. The number of H-pyrrole nitrogens is 1. The van der Waals surface area contributed by atoms with Crippen molar-refractivity contribution < 1.29 is 4.74 Å². The molecule has 78 valence electrons. The van der Waals surface area contributed by atoms with E-state index >= 15 is 0 Å². The van der Waals surface area contributed by atoms with Crippen LogP contribution in [0.4, 0.5) is 0 Å². The van der Waals surface area contributed by atoms with E-state index in [1.165, 1.54) is 0 Å². The molecule has 1 aromatic heterocycles. The zero-order valence-corrected chi connectivity index (χ0v) is 8.83. The second kappa shape index (κ2) is 3.87. The van der Waals surface area contributed by atoms with Crippen molar-refractivity contribution in [3.8, 4) is 0 Å². The van der Waals surface area contributed by atoms with Gasteiger partial charge in [-0.25, -0.2) is 0 Å². The molecule has 1 aromatic carbocycles. The van der Waals surface area contributed by atoms with Gasteiger partial charge in [-0.1, -0.05) is 12.1 Å². The Bertz CT molecular complexity index is 543. The standard InChI is InChI=1S/C12H13NO2/c1-8-4-3-5-10-11(14)6-9(7-15-2)13-12(8)10/h3-6H,7H2,1-2H3,(H,13,14). The number of aromatic amines is 1. The second-order valence-electron chi connectivity index (χ2n) is 3.59. The van der Waals surface area contributed by atoms with Crippen LogP contribution in [0.2, 0.25) is 0 Å². The summed E-state index contributed by atoms with van der Waals surface area (Å²) in [5.41, 5.74) is 2.82. The summed E-state index contributed by atoms with van der Waals surface area (Å²) >= 11 is 0.